The summed E-state index contributed by atoms with van der Waals surface area (Å²) in [5.41, 5.74) is 0. The van der Waals surface area contributed by atoms with Crippen molar-refractivity contribution >= 4 is 17.4 Å². The average molecular weight is 110 g/mol. The van der Waals surface area contributed by atoms with Crippen LogP contribution in [0.5, 0.6) is 0 Å². The Kier molecular flexibility index (Phi) is 25.4. The molecule has 0 aromatic rings. The van der Waals surface area contributed by atoms with Gasteiger partial charge in [-0.05, 0) is 0 Å². The standard InChI is InChI=1S/C4H9.Al.Na.3H/c1-4(2)3;;;;;/h4H,1H2,2-3H3;;;;;/q-1;;+1;;;. The molecule has 0 atom stereocenters. The summed E-state index contributed by atoms with van der Waals surface area (Å²) < 4.78 is 0. The van der Waals surface area contributed by atoms with Crippen molar-refractivity contribution in [1.82, 2.24) is 0 Å². The Bertz CT molecular complexity index is 12.3. The van der Waals surface area contributed by atoms with Crippen LogP contribution in [-0.2, 0) is 0 Å². The van der Waals surface area contributed by atoms with Crippen molar-refractivity contribution in [2.24, 2.45) is 5.92 Å². The Morgan fingerprint density at radius 3 is 1.33 bits per heavy atom. The smallest absolute Gasteiger partial charge is 0.341 e. The third-order valence-corrected chi connectivity index (χ3v) is 0. The number of hydrogen-bond acceptors (Lipinski definition) is 0. The van der Waals surface area contributed by atoms with E-state index in [4.69, 9.17) is 0 Å². The van der Waals surface area contributed by atoms with Gasteiger partial charge < -0.3 is 6.92 Å². The summed E-state index contributed by atoms with van der Waals surface area (Å²) in [6, 6.07) is 0. The van der Waals surface area contributed by atoms with Gasteiger partial charge in [-0.15, -0.1) is 0 Å². The average Bonchev–Trinajstić information content (AvgIpc) is 0.811. The van der Waals surface area contributed by atoms with Gasteiger partial charge in [-0.1, -0.05) is 13.8 Å². The van der Waals surface area contributed by atoms with Crippen LogP contribution in [0.2, 0.25) is 0 Å². The molecule has 0 amide bonds. The third-order valence-electron chi connectivity index (χ3n) is 0. The molecule has 6 heavy (non-hydrogen) atoms. The van der Waals surface area contributed by atoms with Crippen LogP contribution < -0.4 is 29.6 Å². The van der Waals surface area contributed by atoms with E-state index in [1.54, 1.807) is 0 Å². The molecule has 0 aliphatic rings. The summed E-state index contributed by atoms with van der Waals surface area (Å²) >= 11 is 0. The van der Waals surface area contributed by atoms with Crippen molar-refractivity contribution < 1.29 is 29.6 Å². The third kappa shape index (κ3) is 48.4. The summed E-state index contributed by atoms with van der Waals surface area (Å²) in [5, 5.41) is 0. The summed E-state index contributed by atoms with van der Waals surface area (Å²) in [5.74, 6) is 0.583. The fourth-order valence-electron chi connectivity index (χ4n) is 0. The summed E-state index contributed by atoms with van der Waals surface area (Å²) in [7, 11) is 0. The first-order valence-electron chi connectivity index (χ1n) is 1.56. The minimum absolute atomic E-state index is 0. The monoisotopic (exact) mass is 110 g/mol. The predicted octanol–water partition coefficient (Wildman–Crippen LogP) is -2.70. The second-order valence-electron chi connectivity index (χ2n) is 1.39. The molecule has 0 radical (unpaired) electrons. The van der Waals surface area contributed by atoms with Gasteiger partial charge in [-0.2, -0.15) is 5.92 Å². The van der Waals surface area contributed by atoms with Gasteiger partial charge in [0.15, 0.2) is 17.4 Å². The summed E-state index contributed by atoms with van der Waals surface area (Å²) in [6.07, 6.45) is 0. The Morgan fingerprint density at radius 2 is 1.33 bits per heavy atom. The van der Waals surface area contributed by atoms with Crippen LogP contribution in [0, 0.1) is 12.8 Å². The molecule has 0 aromatic carbocycles. The molecule has 0 aliphatic carbocycles. The van der Waals surface area contributed by atoms with E-state index in [-0.39, 0.29) is 46.9 Å². The fourth-order valence-corrected chi connectivity index (χ4v) is 0. The van der Waals surface area contributed by atoms with Crippen molar-refractivity contribution in [3.63, 3.8) is 0 Å². The van der Waals surface area contributed by atoms with Crippen molar-refractivity contribution in [3.05, 3.63) is 6.92 Å². The zero-order chi connectivity index (χ0) is 3.58. The van der Waals surface area contributed by atoms with Gasteiger partial charge in [-0.3, -0.25) is 0 Å². The Hall–Kier alpha value is 1.53. The van der Waals surface area contributed by atoms with Crippen LogP contribution in [-0.4, -0.2) is 17.4 Å². The van der Waals surface area contributed by atoms with Crippen LogP contribution in [0.3, 0.4) is 0 Å². The molecule has 0 aliphatic heterocycles. The van der Waals surface area contributed by atoms with Gasteiger partial charge in [0.05, 0.1) is 0 Å². The molecule has 0 heterocycles. The second-order valence-corrected chi connectivity index (χ2v) is 1.39. The first-order valence-corrected chi connectivity index (χ1v) is 1.56. The molecule has 0 nitrogen and oxygen atoms in total. The maximum Gasteiger partial charge on any atom is 1.00 e. The Labute approximate surface area is 73.1 Å². The van der Waals surface area contributed by atoms with Gasteiger partial charge in [-0.25, -0.2) is 0 Å². The Morgan fingerprint density at radius 1 is 1.33 bits per heavy atom. The van der Waals surface area contributed by atoms with Crippen LogP contribution in [0.4, 0.5) is 0 Å². The molecule has 0 saturated carbocycles. The molecule has 0 fully saturated rings. The molecule has 2 heteroatoms. The van der Waals surface area contributed by atoms with E-state index in [1.165, 1.54) is 0 Å². The van der Waals surface area contributed by atoms with Crippen molar-refractivity contribution in [2.75, 3.05) is 0 Å². The molecular weight excluding hydrogens is 98.0 g/mol. The molecular formula is C4H12AlNa. The summed E-state index contributed by atoms with van der Waals surface area (Å²) in [4.78, 5) is 0. The van der Waals surface area contributed by atoms with E-state index in [0.29, 0.717) is 5.92 Å². The molecule has 0 spiro atoms. The quantitative estimate of drug-likeness (QED) is 0.235. The Balaban J connectivity index is -0.0000000450. The largest absolute Gasteiger partial charge is 1.00 e. The fraction of sp³-hybridized carbons (Fsp3) is 0.750. The van der Waals surface area contributed by atoms with Crippen LogP contribution in [0.25, 0.3) is 0 Å². The van der Waals surface area contributed by atoms with Gasteiger partial charge in [0, 0.05) is 0 Å². The van der Waals surface area contributed by atoms with Crippen LogP contribution in [0.1, 0.15) is 13.8 Å². The van der Waals surface area contributed by atoms with Gasteiger partial charge in [0.2, 0.25) is 0 Å². The SMILES string of the molecule is [AlH3].[CH2-]C(C)C.[Na+]. The molecule has 0 bridgehead atoms. The molecule has 0 aromatic heterocycles. The topological polar surface area (TPSA) is 0 Å². The minimum Gasteiger partial charge on any atom is -0.341 e. The van der Waals surface area contributed by atoms with Crippen molar-refractivity contribution in [3.8, 4) is 0 Å². The number of rotatable bonds is 0. The van der Waals surface area contributed by atoms with E-state index < -0.39 is 0 Å². The molecule has 0 rings (SSSR count). The molecule has 32 valence electrons. The molecule has 0 N–H and O–H groups in total. The first kappa shape index (κ1) is 15.6. The first-order chi connectivity index (χ1) is 1.73. The minimum atomic E-state index is 0. The van der Waals surface area contributed by atoms with Crippen LogP contribution in [0.15, 0.2) is 0 Å². The van der Waals surface area contributed by atoms with E-state index in [1.807, 2.05) is 0 Å². The molecule has 0 saturated heterocycles. The zero-order valence-electron chi connectivity index (χ0n) is 4.28. The van der Waals surface area contributed by atoms with Gasteiger partial charge in [0.25, 0.3) is 0 Å². The van der Waals surface area contributed by atoms with Gasteiger partial charge in [0.1, 0.15) is 0 Å². The summed E-state index contributed by atoms with van der Waals surface area (Å²) in [6.45, 7) is 7.75. The van der Waals surface area contributed by atoms with Gasteiger partial charge >= 0.3 is 29.6 Å². The van der Waals surface area contributed by atoms with Crippen molar-refractivity contribution in [1.29, 1.82) is 0 Å². The van der Waals surface area contributed by atoms with E-state index in [0.717, 1.165) is 0 Å². The van der Waals surface area contributed by atoms with E-state index in [9.17, 15) is 0 Å². The normalized spacial score (nSPS) is 6.00. The zero-order valence-corrected chi connectivity index (χ0v) is 6.28. The van der Waals surface area contributed by atoms with Crippen LogP contribution >= 0.6 is 0 Å². The van der Waals surface area contributed by atoms with E-state index >= 15 is 0 Å². The maximum atomic E-state index is 3.64. The predicted molar refractivity (Wildman–Crippen MR) is 30.1 cm³/mol. The van der Waals surface area contributed by atoms with Crippen molar-refractivity contribution in [2.45, 2.75) is 13.8 Å². The number of hydrogen-bond donors (Lipinski definition) is 0. The van der Waals surface area contributed by atoms with E-state index in [2.05, 4.69) is 20.8 Å². The maximum absolute atomic E-state index is 3.64. The second kappa shape index (κ2) is 9.73. The molecule has 0 unspecified atom stereocenters.